The molecule has 2 bridgehead atoms. The second-order valence-corrected chi connectivity index (χ2v) is 36.7. The molecule has 3 aromatic rings. The van der Waals surface area contributed by atoms with E-state index in [-0.39, 0.29) is 64.3 Å². The third kappa shape index (κ3) is 11.8. The van der Waals surface area contributed by atoms with E-state index in [1.807, 2.05) is 47.8 Å². The van der Waals surface area contributed by atoms with Gasteiger partial charge in [0.2, 0.25) is 8.32 Å². The van der Waals surface area contributed by atoms with Crippen LogP contribution in [0.4, 0.5) is 0 Å². The Morgan fingerprint density at radius 2 is 1.54 bits per heavy atom. The summed E-state index contributed by atoms with van der Waals surface area (Å²) in [4.78, 5) is 90.2. The van der Waals surface area contributed by atoms with Crippen molar-refractivity contribution >= 4 is 73.8 Å². The molecule has 7 rings (SSSR count). The van der Waals surface area contributed by atoms with E-state index < -0.39 is 129 Å². The van der Waals surface area contributed by atoms with Gasteiger partial charge in [-0.1, -0.05) is 97.7 Å². The molecule has 4 heterocycles. The van der Waals surface area contributed by atoms with Crippen LogP contribution in [0, 0.1) is 16.7 Å². The van der Waals surface area contributed by atoms with E-state index in [4.69, 9.17) is 45.8 Å². The summed E-state index contributed by atoms with van der Waals surface area (Å²) in [7, 11) is -2.68. The largest absolute Gasteiger partial charge is 0.472 e. The molecule has 1 aliphatic heterocycles. The Bertz CT molecular complexity index is 2690. The second kappa shape index (κ2) is 25.4. The first-order chi connectivity index (χ1) is 38.2. The number of carbonyl (C=O) groups is 6. The summed E-state index contributed by atoms with van der Waals surface area (Å²) in [5, 5.41) is 17.5. The number of Topliss-reactive ketones (excluding diaryl/α,β-unsaturated/α-hetero) is 1. The molecule has 448 valence electrons. The van der Waals surface area contributed by atoms with Crippen LogP contribution in [0.5, 0.6) is 0 Å². The van der Waals surface area contributed by atoms with Crippen molar-refractivity contribution < 1.29 is 79.7 Å². The maximum Gasteiger partial charge on any atom is 0.341 e. The van der Waals surface area contributed by atoms with Crippen LogP contribution in [-0.4, -0.2) is 124 Å². The number of hydrogen-bond acceptors (Lipinski definition) is 19. The maximum absolute atomic E-state index is 17.0. The number of furan rings is 3. The van der Waals surface area contributed by atoms with Gasteiger partial charge in [-0.2, -0.15) is 0 Å². The first-order valence-electron chi connectivity index (χ1n) is 28.5. The SMILES string of the molecule is CC[Si](CC)(CC)O[C@H]1C[C@H]2OC[C@@]2(OC(C)=O)[C@H]2[C@H](OC(=O)c3ccoc3)[C@]3(O)C[C@H](OC(=O)[C@H](O[Si](C(C)C)(C(C)C)C(C)C)[C@@H](NC(=O)c4ccco4)c4ccco4)C(C)=C([C@@H](OC(=O)CCCSSC)C(=O)[C@]12C)C3(C)C. The first kappa shape index (κ1) is 64.1. The summed E-state index contributed by atoms with van der Waals surface area (Å²) in [6.45, 7) is 26.2. The zero-order chi connectivity index (χ0) is 59.6. The number of esters is 4. The fraction of sp³-hybridized carbons (Fsp3) is 0.661. The van der Waals surface area contributed by atoms with E-state index in [1.165, 1.54) is 44.1 Å². The summed E-state index contributed by atoms with van der Waals surface area (Å²) in [5.41, 5.74) is -7.53. The molecule has 2 saturated carbocycles. The molecule has 1 saturated heterocycles. The van der Waals surface area contributed by atoms with E-state index in [0.29, 0.717) is 30.3 Å². The quantitative estimate of drug-likeness (QED) is 0.0200. The summed E-state index contributed by atoms with van der Waals surface area (Å²) >= 11 is 0. The Labute approximate surface area is 486 Å². The zero-order valence-electron chi connectivity index (χ0n) is 49.7. The number of aliphatic hydroxyl groups is 1. The van der Waals surface area contributed by atoms with Gasteiger partial charge in [0.1, 0.15) is 42.0 Å². The minimum atomic E-state index is -3.12. The van der Waals surface area contributed by atoms with Gasteiger partial charge in [-0.3, -0.25) is 19.2 Å². The van der Waals surface area contributed by atoms with Gasteiger partial charge in [0.15, 0.2) is 37.7 Å². The molecule has 0 aromatic carbocycles. The molecular weight excluding hydrogens is 1110 g/mol. The summed E-state index contributed by atoms with van der Waals surface area (Å²) in [6, 6.07) is 8.41. The fourth-order valence-electron chi connectivity index (χ4n) is 14.1. The number of carbonyl (C=O) groups excluding carboxylic acids is 6. The minimum Gasteiger partial charge on any atom is -0.472 e. The van der Waals surface area contributed by atoms with Gasteiger partial charge in [-0.15, -0.1) is 0 Å². The molecule has 18 nitrogen and oxygen atoms in total. The van der Waals surface area contributed by atoms with Crippen LogP contribution >= 0.6 is 21.6 Å². The molecule has 11 atom stereocenters. The van der Waals surface area contributed by atoms with E-state index in [9.17, 15) is 24.3 Å². The standard InChI is InChI=1S/C59H85NO17S2Si2/c1-16-80(17-2,18-3)76-43-30-44-58(33-71-44,75-38(11)61)50-52(74-54(65)39-25-28-68-32-39)59(67)31-42(37(10)46(56(59,12)13)48(51(63)57(43,50)14)73-45(62)24-21-29-79-78-15)72-55(66)49(77-81(34(4)5,35(6)7)36(8)9)47(40-22-19-26-69-40)60-53(64)41-23-20-27-70-41/h19-20,22-23,25-28,32,34-36,42-44,47-50,52,67H,16-18,21,24,29-31,33H2,1-15H3,(H,60,64)/t42-,43-,44+,47-,48+,49+,50-,52-,57+,58-,59+/m0/s1. The molecule has 3 aromatic heterocycles. The Hall–Kier alpha value is -4.43. The maximum atomic E-state index is 17.0. The molecule has 0 radical (unpaired) electrons. The number of rotatable bonds is 25. The lowest BCUT2D eigenvalue weighted by Crippen LogP contribution is -2.82. The molecule has 4 aliphatic rings. The number of amides is 1. The number of nitrogens with one attached hydrogen (secondary N) is 1. The lowest BCUT2D eigenvalue weighted by atomic mass is 9.44. The molecular formula is C59H85NO17S2Si2. The Morgan fingerprint density at radius 1 is 0.889 bits per heavy atom. The van der Waals surface area contributed by atoms with Crippen LogP contribution in [0.15, 0.2) is 79.8 Å². The highest BCUT2D eigenvalue weighted by atomic mass is 33.1. The predicted molar refractivity (Wildman–Crippen MR) is 310 cm³/mol. The highest BCUT2D eigenvalue weighted by Crippen LogP contribution is 2.65. The molecule has 3 aliphatic carbocycles. The summed E-state index contributed by atoms with van der Waals surface area (Å²) in [5.74, 6) is -5.34. The van der Waals surface area contributed by atoms with Gasteiger partial charge < -0.3 is 56.2 Å². The molecule has 22 heteroatoms. The minimum absolute atomic E-state index is 0.0155. The second-order valence-electron chi connectivity index (χ2n) is 23.9. The van der Waals surface area contributed by atoms with Gasteiger partial charge in [0.05, 0.1) is 48.4 Å². The average Bonchev–Trinajstić information content (AvgIpc) is 3.96. The van der Waals surface area contributed by atoms with Crippen molar-refractivity contribution in [2.45, 2.75) is 211 Å². The normalized spacial score (nSPS) is 28.0. The van der Waals surface area contributed by atoms with Crippen molar-refractivity contribution in [1.29, 1.82) is 0 Å². The molecule has 0 spiro atoms. The highest BCUT2D eigenvalue weighted by molar-refractivity contribution is 8.76. The molecule has 3 fully saturated rings. The predicted octanol–water partition coefficient (Wildman–Crippen LogP) is 11.5. The summed E-state index contributed by atoms with van der Waals surface area (Å²) in [6.07, 6.45) is -1.41. The average molecular weight is 1200 g/mol. The van der Waals surface area contributed by atoms with Crippen LogP contribution in [0.3, 0.4) is 0 Å². The molecule has 0 unspecified atom stereocenters. The van der Waals surface area contributed by atoms with Crippen molar-refractivity contribution in [3.05, 3.63) is 83.6 Å². The van der Waals surface area contributed by atoms with E-state index in [0.717, 1.165) is 0 Å². The fourth-order valence-corrected chi connectivity index (χ4v) is 23.8. The third-order valence-electron chi connectivity index (χ3n) is 18.6. The lowest BCUT2D eigenvalue weighted by Gasteiger charge is -2.68. The Kier molecular flexibility index (Phi) is 20.1. The number of fused-ring (bicyclic) bond motifs is 5. The van der Waals surface area contributed by atoms with Gasteiger partial charge in [0, 0.05) is 37.4 Å². The monoisotopic (exact) mass is 1200 g/mol. The van der Waals surface area contributed by atoms with Gasteiger partial charge >= 0.3 is 23.9 Å². The zero-order valence-corrected chi connectivity index (χ0v) is 53.3. The summed E-state index contributed by atoms with van der Waals surface area (Å²) < 4.78 is 64.7. The molecule has 2 N–H and O–H groups in total. The molecule has 81 heavy (non-hydrogen) atoms. The first-order valence-corrected chi connectivity index (χ1v) is 35.9. The number of ketones is 1. The van der Waals surface area contributed by atoms with Crippen LogP contribution in [0.1, 0.15) is 155 Å². The van der Waals surface area contributed by atoms with Crippen molar-refractivity contribution in [1.82, 2.24) is 5.32 Å². The van der Waals surface area contributed by atoms with Crippen LogP contribution < -0.4 is 5.32 Å². The van der Waals surface area contributed by atoms with Gasteiger partial charge in [0.25, 0.3) is 5.91 Å². The van der Waals surface area contributed by atoms with E-state index in [1.54, 1.807) is 67.5 Å². The van der Waals surface area contributed by atoms with E-state index >= 15 is 9.59 Å². The van der Waals surface area contributed by atoms with Crippen molar-refractivity contribution in [3.63, 3.8) is 0 Å². The Balaban J connectivity index is 1.51. The third-order valence-corrected chi connectivity index (χ3v) is 31.3. The Morgan fingerprint density at radius 3 is 2.07 bits per heavy atom. The number of hydrogen-bond donors (Lipinski definition) is 2. The van der Waals surface area contributed by atoms with Crippen molar-refractivity contribution in [2.75, 3.05) is 18.6 Å². The van der Waals surface area contributed by atoms with Gasteiger partial charge in [-0.25, -0.2) is 9.59 Å². The lowest BCUT2D eigenvalue weighted by molar-refractivity contribution is -0.344. The molecule has 1 amide bonds. The van der Waals surface area contributed by atoms with Crippen molar-refractivity contribution in [3.8, 4) is 0 Å². The van der Waals surface area contributed by atoms with Crippen LogP contribution in [0.25, 0.3) is 0 Å². The van der Waals surface area contributed by atoms with Crippen LogP contribution in [-0.2, 0) is 51.7 Å². The smallest absolute Gasteiger partial charge is 0.341 e. The highest BCUT2D eigenvalue weighted by Gasteiger charge is 2.79. The van der Waals surface area contributed by atoms with Crippen molar-refractivity contribution in [2.24, 2.45) is 16.7 Å². The van der Waals surface area contributed by atoms with Gasteiger partial charge in [-0.05, 0) is 103 Å². The van der Waals surface area contributed by atoms with E-state index in [2.05, 4.69) is 26.1 Å². The van der Waals surface area contributed by atoms with Crippen LogP contribution in [0.2, 0.25) is 34.8 Å². The number of ether oxygens (including phenoxy) is 5. The topological polar surface area (TPSA) is 239 Å².